The molecule has 0 spiro atoms. The Kier molecular flexibility index (Phi) is 4.97. The van der Waals surface area contributed by atoms with Crippen LogP contribution in [-0.2, 0) is 9.47 Å². The van der Waals surface area contributed by atoms with E-state index < -0.39 is 6.09 Å². The van der Waals surface area contributed by atoms with E-state index in [1.54, 1.807) is 19.2 Å². The lowest BCUT2D eigenvalue weighted by Crippen LogP contribution is -2.19. The van der Waals surface area contributed by atoms with Crippen molar-refractivity contribution in [3.63, 3.8) is 0 Å². The number of amides is 1. The number of hydrogen-bond donors (Lipinski definition) is 2. The summed E-state index contributed by atoms with van der Waals surface area (Å²) in [6, 6.07) is 3.60. The lowest BCUT2D eigenvalue weighted by molar-refractivity contribution is 0.120. The van der Waals surface area contributed by atoms with Crippen LogP contribution < -0.4 is 10.6 Å². The van der Waals surface area contributed by atoms with Gasteiger partial charge in [0, 0.05) is 13.2 Å². The molecule has 1 aliphatic rings. The van der Waals surface area contributed by atoms with Gasteiger partial charge in [-0.1, -0.05) is 0 Å². The first kappa shape index (κ1) is 13.6. The molecule has 1 unspecified atom stereocenters. The minimum Gasteiger partial charge on any atom is -0.450 e. The first-order valence-electron chi connectivity index (χ1n) is 6.53. The van der Waals surface area contributed by atoms with Gasteiger partial charge in [-0.3, -0.25) is 5.32 Å². The summed E-state index contributed by atoms with van der Waals surface area (Å²) in [6.07, 6.45) is 3.62. The van der Waals surface area contributed by atoms with Crippen LogP contribution in [0, 0.1) is 0 Å². The van der Waals surface area contributed by atoms with E-state index >= 15 is 0 Å². The quantitative estimate of drug-likeness (QED) is 0.854. The molecule has 2 heterocycles. The summed E-state index contributed by atoms with van der Waals surface area (Å²) in [5, 5.41) is 5.80. The SMILES string of the molecule is CCOC(=O)Nc1ccc(NCC2CCCO2)nc1. The maximum absolute atomic E-state index is 11.2. The molecule has 0 aliphatic carbocycles. The average Bonchev–Trinajstić information content (AvgIpc) is 2.91. The predicted octanol–water partition coefficient (Wildman–Crippen LogP) is 2.24. The molecule has 0 bridgehead atoms. The highest BCUT2D eigenvalue weighted by Crippen LogP contribution is 2.14. The predicted molar refractivity (Wildman–Crippen MR) is 72.3 cm³/mol. The lowest BCUT2D eigenvalue weighted by Gasteiger charge is -2.11. The molecule has 6 heteroatoms. The zero-order valence-corrected chi connectivity index (χ0v) is 11.0. The molecule has 0 radical (unpaired) electrons. The van der Waals surface area contributed by atoms with Crippen molar-refractivity contribution in [1.29, 1.82) is 0 Å². The molecule has 2 N–H and O–H groups in total. The van der Waals surface area contributed by atoms with Gasteiger partial charge in [-0.25, -0.2) is 9.78 Å². The highest BCUT2D eigenvalue weighted by Gasteiger charge is 2.14. The molecule has 1 atom stereocenters. The Balaban J connectivity index is 1.78. The Morgan fingerprint density at radius 1 is 1.58 bits per heavy atom. The number of nitrogens with one attached hydrogen (secondary N) is 2. The van der Waals surface area contributed by atoms with E-state index in [-0.39, 0.29) is 6.10 Å². The molecule has 1 aromatic heterocycles. The van der Waals surface area contributed by atoms with Gasteiger partial charge in [-0.05, 0) is 31.9 Å². The number of nitrogens with zero attached hydrogens (tertiary/aromatic N) is 1. The monoisotopic (exact) mass is 265 g/mol. The number of anilines is 2. The van der Waals surface area contributed by atoms with Crippen LogP contribution >= 0.6 is 0 Å². The number of rotatable bonds is 5. The molecular weight excluding hydrogens is 246 g/mol. The summed E-state index contributed by atoms with van der Waals surface area (Å²) < 4.78 is 10.3. The molecule has 0 aromatic carbocycles. The van der Waals surface area contributed by atoms with Crippen molar-refractivity contribution in [3.05, 3.63) is 18.3 Å². The van der Waals surface area contributed by atoms with Crippen LogP contribution in [0.15, 0.2) is 18.3 Å². The molecule has 104 valence electrons. The Bertz CT molecular complexity index is 402. The van der Waals surface area contributed by atoms with Gasteiger partial charge in [0.05, 0.1) is 24.6 Å². The van der Waals surface area contributed by atoms with Crippen LogP contribution in [0.25, 0.3) is 0 Å². The van der Waals surface area contributed by atoms with Crippen molar-refractivity contribution in [2.24, 2.45) is 0 Å². The third kappa shape index (κ3) is 4.40. The fourth-order valence-electron chi connectivity index (χ4n) is 1.88. The molecule has 1 aliphatic heterocycles. The van der Waals surface area contributed by atoms with Gasteiger partial charge < -0.3 is 14.8 Å². The second kappa shape index (κ2) is 6.94. The third-order valence-electron chi connectivity index (χ3n) is 2.82. The van der Waals surface area contributed by atoms with Gasteiger partial charge in [0.1, 0.15) is 5.82 Å². The molecule has 1 amide bonds. The van der Waals surface area contributed by atoms with E-state index in [0.29, 0.717) is 12.3 Å². The molecule has 2 rings (SSSR count). The third-order valence-corrected chi connectivity index (χ3v) is 2.82. The normalized spacial score (nSPS) is 18.1. The maximum Gasteiger partial charge on any atom is 0.411 e. The summed E-state index contributed by atoms with van der Waals surface area (Å²) in [6.45, 7) is 3.72. The summed E-state index contributed by atoms with van der Waals surface area (Å²) in [5.74, 6) is 0.768. The second-order valence-electron chi connectivity index (χ2n) is 4.29. The van der Waals surface area contributed by atoms with Gasteiger partial charge in [-0.15, -0.1) is 0 Å². The van der Waals surface area contributed by atoms with Gasteiger partial charge >= 0.3 is 6.09 Å². The fraction of sp³-hybridized carbons (Fsp3) is 0.538. The van der Waals surface area contributed by atoms with E-state index in [1.165, 1.54) is 0 Å². The van der Waals surface area contributed by atoms with Crippen molar-refractivity contribution in [3.8, 4) is 0 Å². The average molecular weight is 265 g/mol. The zero-order valence-electron chi connectivity index (χ0n) is 11.0. The lowest BCUT2D eigenvalue weighted by atomic mass is 10.2. The smallest absolute Gasteiger partial charge is 0.411 e. The Morgan fingerprint density at radius 3 is 3.11 bits per heavy atom. The fourth-order valence-corrected chi connectivity index (χ4v) is 1.88. The minimum atomic E-state index is -0.468. The van der Waals surface area contributed by atoms with E-state index in [1.807, 2.05) is 6.07 Å². The van der Waals surface area contributed by atoms with Gasteiger partial charge in [0.25, 0.3) is 0 Å². The van der Waals surface area contributed by atoms with Crippen LogP contribution in [0.2, 0.25) is 0 Å². The van der Waals surface area contributed by atoms with Crippen molar-refractivity contribution < 1.29 is 14.3 Å². The largest absolute Gasteiger partial charge is 0.450 e. The topological polar surface area (TPSA) is 72.5 Å². The zero-order chi connectivity index (χ0) is 13.5. The van der Waals surface area contributed by atoms with E-state index in [9.17, 15) is 4.79 Å². The Labute approximate surface area is 112 Å². The van der Waals surface area contributed by atoms with Gasteiger partial charge in [-0.2, -0.15) is 0 Å². The van der Waals surface area contributed by atoms with E-state index in [0.717, 1.165) is 31.8 Å². The van der Waals surface area contributed by atoms with E-state index in [4.69, 9.17) is 9.47 Å². The number of pyridine rings is 1. The van der Waals surface area contributed by atoms with Crippen LogP contribution in [0.4, 0.5) is 16.3 Å². The maximum atomic E-state index is 11.2. The van der Waals surface area contributed by atoms with Gasteiger partial charge in [0.2, 0.25) is 0 Å². The second-order valence-corrected chi connectivity index (χ2v) is 4.29. The molecule has 0 saturated carbocycles. The molecule has 1 aromatic rings. The molecule has 6 nitrogen and oxygen atoms in total. The first-order valence-corrected chi connectivity index (χ1v) is 6.53. The summed E-state index contributed by atoms with van der Waals surface area (Å²) in [7, 11) is 0. The number of carbonyl (C=O) groups is 1. The van der Waals surface area contributed by atoms with Crippen molar-refractivity contribution >= 4 is 17.6 Å². The number of carbonyl (C=O) groups excluding carboxylic acids is 1. The Hall–Kier alpha value is -1.82. The van der Waals surface area contributed by atoms with Crippen LogP contribution in [0.3, 0.4) is 0 Å². The molecular formula is C13H19N3O3. The van der Waals surface area contributed by atoms with Crippen molar-refractivity contribution in [1.82, 2.24) is 4.98 Å². The summed E-state index contributed by atoms with van der Waals surface area (Å²) in [4.78, 5) is 15.4. The molecule has 1 fully saturated rings. The highest BCUT2D eigenvalue weighted by molar-refractivity contribution is 5.84. The molecule has 1 saturated heterocycles. The number of hydrogen-bond acceptors (Lipinski definition) is 5. The standard InChI is InChI=1S/C13H19N3O3/c1-2-18-13(17)16-10-5-6-12(14-8-10)15-9-11-4-3-7-19-11/h5-6,8,11H,2-4,7,9H2,1H3,(H,14,15)(H,16,17). The van der Waals surface area contributed by atoms with Crippen molar-refractivity contribution in [2.45, 2.75) is 25.9 Å². The van der Waals surface area contributed by atoms with Gasteiger partial charge in [0.15, 0.2) is 0 Å². The highest BCUT2D eigenvalue weighted by atomic mass is 16.5. The van der Waals surface area contributed by atoms with Crippen LogP contribution in [-0.4, -0.2) is 36.9 Å². The number of ether oxygens (including phenoxy) is 2. The summed E-state index contributed by atoms with van der Waals surface area (Å²) >= 11 is 0. The van der Waals surface area contributed by atoms with E-state index in [2.05, 4.69) is 15.6 Å². The summed E-state index contributed by atoms with van der Waals surface area (Å²) in [5.41, 5.74) is 0.612. The first-order chi connectivity index (χ1) is 9.28. The van der Waals surface area contributed by atoms with Crippen LogP contribution in [0.1, 0.15) is 19.8 Å². The Morgan fingerprint density at radius 2 is 2.47 bits per heavy atom. The number of aromatic nitrogens is 1. The van der Waals surface area contributed by atoms with Crippen LogP contribution in [0.5, 0.6) is 0 Å². The van der Waals surface area contributed by atoms with Crippen molar-refractivity contribution in [2.75, 3.05) is 30.4 Å². The molecule has 19 heavy (non-hydrogen) atoms. The minimum absolute atomic E-state index is 0.277.